The molecule has 2 heterocycles. The van der Waals surface area contributed by atoms with Crippen LogP contribution in [0.2, 0.25) is 0 Å². The van der Waals surface area contributed by atoms with Gasteiger partial charge in [-0.25, -0.2) is 9.78 Å². The van der Waals surface area contributed by atoms with Crippen molar-refractivity contribution in [2.24, 2.45) is 0 Å². The number of benzene rings is 1. The minimum Gasteiger partial charge on any atom is -0.465 e. The minimum atomic E-state index is -0.583. The molecule has 146 valence electrons. The first-order chi connectivity index (χ1) is 13.4. The van der Waals surface area contributed by atoms with Crippen LogP contribution in [-0.4, -0.2) is 35.5 Å². The fraction of sp³-hybridized carbons (Fsp3) is 0.300. The van der Waals surface area contributed by atoms with Crippen molar-refractivity contribution < 1.29 is 14.3 Å². The van der Waals surface area contributed by atoms with E-state index in [4.69, 9.17) is 4.74 Å². The predicted molar refractivity (Wildman–Crippen MR) is 108 cm³/mol. The van der Waals surface area contributed by atoms with Crippen molar-refractivity contribution in [3.8, 4) is 0 Å². The van der Waals surface area contributed by atoms with Crippen LogP contribution < -0.4 is 10.9 Å². The summed E-state index contributed by atoms with van der Waals surface area (Å²) in [7, 11) is 1.26. The summed E-state index contributed by atoms with van der Waals surface area (Å²) in [6.07, 6.45) is -0.0975. The molecule has 28 heavy (non-hydrogen) atoms. The van der Waals surface area contributed by atoms with Crippen LogP contribution in [0.3, 0.4) is 0 Å². The van der Waals surface area contributed by atoms with Crippen LogP contribution in [0.5, 0.6) is 0 Å². The van der Waals surface area contributed by atoms with E-state index in [1.54, 1.807) is 6.92 Å². The van der Waals surface area contributed by atoms with Crippen LogP contribution >= 0.6 is 11.3 Å². The Morgan fingerprint density at radius 3 is 2.68 bits per heavy atom. The highest BCUT2D eigenvalue weighted by molar-refractivity contribution is 7.20. The van der Waals surface area contributed by atoms with Crippen LogP contribution in [0, 0.1) is 6.92 Å². The Morgan fingerprint density at radius 2 is 2.00 bits per heavy atom. The van der Waals surface area contributed by atoms with Gasteiger partial charge in [-0.2, -0.15) is 0 Å². The maximum atomic E-state index is 12.5. The number of aryl methyl sites for hydroxylation is 1. The summed E-state index contributed by atoms with van der Waals surface area (Å²) in [6.45, 7) is 4.13. The number of rotatable bonds is 6. The van der Waals surface area contributed by atoms with Gasteiger partial charge in [-0.3, -0.25) is 9.59 Å². The van der Waals surface area contributed by atoms with E-state index in [-0.39, 0.29) is 34.1 Å². The van der Waals surface area contributed by atoms with Gasteiger partial charge < -0.3 is 15.0 Å². The Bertz CT molecular complexity index is 1070. The van der Waals surface area contributed by atoms with Gasteiger partial charge in [-0.1, -0.05) is 37.3 Å². The number of aromatic nitrogens is 2. The molecule has 0 aliphatic carbocycles. The van der Waals surface area contributed by atoms with Crippen molar-refractivity contribution in [1.82, 2.24) is 15.3 Å². The lowest BCUT2D eigenvalue weighted by Gasteiger charge is -2.13. The number of carbonyl (C=O) groups excluding carboxylic acids is 2. The topological polar surface area (TPSA) is 101 Å². The SMILES string of the molecule is COC(=O)c1sc2nc(C)[nH]c(=O)c2c1CC(=O)NC[C@@H](C)c1ccccc1. The Morgan fingerprint density at radius 1 is 1.29 bits per heavy atom. The van der Waals surface area contributed by atoms with Gasteiger partial charge >= 0.3 is 5.97 Å². The molecule has 0 unspecified atom stereocenters. The van der Waals surface area contributed by atoms with E-state index < -0.39 is 5.97 Å². The van der Waals surface area contributed by atoms with Gasteiger partial charge in [0.25, 0.3) is 5.56 Å². The molecule has 1 aromatic carbocycles. The average Bonchev–Trinajstić information content (AvgIpc) is 3.04. The third-order valence-corrected chi connectivity index (χ3v) is 5.57. The van der Waals surface area contributed by atoms with Crippen LogP contribution in [0.1, 0.15) is 39.5 Å². The average molecular weight is 399 g/mol. The number of carbonyl (C=O) groups is 2. The van der Waals surface area contributed by atoms with Crippen LogP contribution in [0.25, 0.3) is 10.2 Å². The molecule has 0 aliphatic heterocycles. The largest absolute Gasteiger partial charge is 0.465 e. The van der Waals surface area contributed by atoms with E-state index in [9.17, 15) is 14.4 Å². The monoisotopic (exact) mass is 399 g/mol. The van der Waals surface area contributed by atoms with Gasteiger partial charge in [0.1, 0.15) is 15.5 Å². The Hall–Kier alpha value is -3.00. The van der Waals surface area contributed by atoms with Crippen molar-refractivity contribution in [2.45, 2.75) is 26.2 Å². The minimum absolute atomic E-state index is 0.0975. The Kier molecular flexibility index (Phi) is 5.89. The molecule has 1 amide bonds. The molecule has 0 bridgehead atoms. The zero-order valence-electron chi connectivity index (χ0n) is 15.9. The van der Waals surface area contributed by atoms with Gasteiger partial charge in [0, 0.05) is 12.1 Å². The molecular formula is C20H21N3O4S. The molecular weight excluding hydrogens is 378 g/mol. The van der Waals surface area contributed by atoms with Gasteiger partial charge in [0.05, 0.1) is 18.9 Å². The molecule has 0 saturated heterocycles. The van der Waals surface area contributed by atoms with E-state index in [0.29, 0.717) is 22.8 Å². The van der Waals surface area contributed by atoms with Crippen molar-refractivity contribution in [1.29, 1.82) is 0 Å². The van der Waals surface area contributed by atoms with Crippen molar-refractivity contribution in [3.05, 3.63) is 62.5 Å². The standard InChI is InChI=1S/C20H21N3O4S/c1-11(13-7-5-4-6-8-13)10-21-15(24)9-14-16-18(25)22-12(2)23-19(16)28-17(14)20(26)27-3/h4-8,11H,9-10H2,1-3H3,(H,21,24)(H,22,23,25)/t11-/m1/s1. The molecule has 2 aromatic heterocycles. The molecule has 3 aromatic rings. The zero-order valence-corrected chi connectivity index (χ0v) is 16.7. The Balaban J connectivity index is 1.83. The number of fused-ring (bicyclic) bond motifs is 1. The second-order valence-corrected chi connectivity index (χ2v) is 7.52. The number of ether oxygens (including phenoxy) is 1. The summed E-state index contributed by atoms with van der Waals surface area (Å²) in [5.41, 5.74) is 1.11. The van der Waals surface area contributed by atoms with Gasteiger partial charge in [0.2, 0.25) is 5.91 Å². The maximum Gasteiger partial charge on any atom is 0.348 e. The van der Waals surface area contributed by atoms with E-state index in [1.165, 1.54) is 7.11 Å². The number of nitrogens with zero attached hydrogens (tertiary/aromatic N) is 1. The van der Waals surface area contributed by atoms with Crippen molar-refractivity contribution in [2.75, 3.05) is 13.7 Å². The first kappa shape index (κ1) is 19.8. The highest BCUT2D eigenvalue weighted by Crippen LogP contribution is 2.29. The maximum absolute atomic E-state index is 12.5. The highest BCUT2D eigenvalue weighted by atomic mass is 32.1. The van der Waals surface area contributed by atoms with Crippen molar-refractivity contribution in [3.63, 3.8) is 0 Å². The quantitative estimate of drug-likeness (QED) is 0.621. The molecule has 3 rings (SSSR count). The molecule has 2 N–H and O–H groups in total. The Labute approximate surface area is 165 Å². The van der Waals surface area contributed by atoms with E-state index >= 15 is 0 Å². The highest BCUT2D eigenvalue weighted by Gasteiger charge is 2.24. The third-order valence-electron chi connectivity index (χ3n) is 4.46. The molecule has 0 spiro atoms. The molecule has 8 heteroatoms. The van der Waals surface area contributed by atoms with E-state index in [1.807, 2.05) is 37.3 Å². The normalized spacial score (nSPS) is 12.0. The summed E-state index contributed by atoms with van der Waals surface area (Å²) < 4.78 is 4.81. The summed E-state index contributed by atoms with van der Waals surface area (Å²) >= 11 is 1.06. The van der Waals surface area contributed by atoms with Gasteiger partial charge in [-0.15, -0.1) is 11.3 Å². The van der Waals surface area contributed by atoms with Crippen LogP contribution in [0.4, 0.5) is 0 Å². The molecule has 1 atom stereocenters. The fourth-order valence-electron chi connectivity index (χ4n) is 2.99. The van der Waals surface area contributed by atoms with Crippen LogP contribution in [0.15, 0.2) is 35.1 Å². The number of nitrogens with one attached hydrogen (secondary N) is 2. The van der Waals surface area contributed by atoms with E-state index in [0.717, 1.165) is 16.9 Å². The summed E-state index contributed by atoms with van der Waals surface area (Å²) in [5.74, 6) is -0.270. The lowest BCUT2D eigenvalue weighted by molar-refractivity contribution is -0.120. The van der Waals surface area contributed by atoms with E-state index in [2.05, 4.69) is 15.3 Å². The number of hydrogen-bond acceptors (Lipinski definition) is 6. The number of methoxy groups -OCH3 is 1. The number of esters is 1. The summed E-state index contributed by atoms with van der Waals surface area (Å²) in [6, 6.07) is 9.86. The number of thiophene rings is 1. The predicted octanol–water partition coefficient (Wildman–Crippen LogP) is 2.54. The summed E-state index contributed by atoms with van der Waals surface area (Å²) in [5, 5.41) is 3.15. The molecule has 0 saturated carbocycles. The summed E-state index contributed by atoms with van der Waals surface area (Å²) in [4.78, 5) is 44.6. The lowest BCUT2D eigenvalue weighted by Crippen LogP contribution is -2.29. The zero-order chi connectivity index (χ0) is 20.3. The first-order valence-corrected chi connectivity index (χ1v) is 9.64. The molecule has 0 radical (unpaired) electrons. The number of hydrogen-bond donors (Lipinski definition) is 2. The molecule has 0 aliphatic rings. The number of amides is 1. The second kappa shape index (κ2) is 8.35. The second-order valence-electron chi connectivity index (χ2n) is 6.53. The van der Waals surface area contributed by atoms with Gasteiger partial charge in [0.15, 0.2) is 0 Å². The first-order valence-electron chi connectivity index (χ1n) is 8.83. The number of aromatic amines is 1. The van der Waals surface area contributed by atoms with Gasteiger partial charge in [-0.05, 0) is 18.4 Å². The number of H-pyrrole nitrogens is 1. The van der Waals surface area contributed by atoms with Crippen LogP contribution in [-0.2, 0) is 16.0 Å². The molecule has 7 nitrogen and oxygen atoms in total. The lowest BCUT2D eigenvalue weighted by atomic mass is 10.0. The molecule has 0 fully saturated rings. The fourth-order valence-corrected chi connectivity index (χ4v) is 4.15. The third kappa shape index (κ3) is 4.12. The van der Waals surface area contributed by atoms with Crippen molar-refractivity contribution >= 4 is 33.4 Å². The smallest absolute Gasteiger partial charge is 0.348 e.